The second-order valence-corrected chi connectivity index (χ2v) is 20.1. The van der Waals surface area contributed by atoms with E-state index in [2.05, 4.69) is 6.92 Å². The zero-order chi connectivity index (χ0) is 52.8. The van der Waals surface area contributed by atoms with E-state index in [1.165, 1.54) is 0 Å². The molecule has 75 heavy (non-hydrogen) atoms. The van der Waals surface area contributed by atoms with Crippen LogP contribution in [-0.2, 0) is 83.3 Å². The molecule has 0 spiro atoms. The van der Waals surface area contributed by atoms with Crippen molar-refractivity contribution in [2.75, 3.05) is 6.61 Å². The Balaban J connectivity index is 1.11. The Morgan fingerprint density at radius 2 is 0.640 bits per heavy atom. The van der Waals surface area contributed by atoms with Gasteiger partial charge in [-0.3, -0.25) is 0 Å². The second-order valence-electron chi connectivity index (χ2n) is 20.1. The third kappa shape index (κ3) is 15.1. The van der Waals surface area contributed by atoms with Crippen LogP contribution in [0.5, 0.6) is 0 Å². The minimum atomic E-state index is -1.43. The third-order valence-corrected chi connectivity index (χ3v) is 14.4. The minimum absolute atomic E-state index is 0.0192. The molecule has 0 bridgehead atoms. The van der Waals surface area contributed by atoms with Gasteiger partial charge in [0, 0.05) is 6.61 Å². The maximum Gasteiger partial charge on any atom is 0.187 e. The van der Waals surface area contributed by atoms with E-state index < -0.39 is 123 Å². The molecule has 4 aromatic carbocycles. The van der Waals surface area contributed by atoms with Crippen molar-refractivity contribution in [3.05, 3.63) is 144 Å². The molecule has 4 heterocycles. The van der Waals surface area contributed by atoms with Gasteiger partial charge in [-0.2, -0.15) is 0 Å². The summed E-state index contributed by atoms with van der Waals surface area (Å²) < 4.78 is 78.8. The average Bonchev–Trinajstić information content (AvgIpc) is 3.43. The normalized spacial score (nSPS) is 36.3. The summed E-state index contributed by atoms with van der Waals surface area (Å²) in [5.74, 6) is 0. The van der Waals surface area contributed by atoms with Gasteiger partial charge in [-0.05, 0) is 56.4 Å². The van der Waals surface area contributed by atoms with Gasteiger partial charge in [0.05, 0.1) is 50.8 Å². The highest BCUT2D eigenvalue weighted by Gasteiger charge is 2.56. The predicted octanol–water partition coefficient (Wildman–Crippen LogP) is 5.86. The summed E-state index contributed by atoms with van der Waals surface area (Å²) in [6.45, 7) is 9.51. The summed E-state index contributed by atoms with van der Waals surface area (Å²) in [6.07, 6.45) is -19.5. The number of aliphatic hydroxyl groups excluding tert-OH is 5. The Labute approximate surface area is 440 Å². The van der Waals surface area contributed by atoms with E-state index in [4.69, 9.17) is 56.8 Å². The molecule has 5 N–H and O–H groups in total. The molecule has 20 atom stereocenters. The molecule has 4 aromatic rings. The summed E-state index contributed by atoms with van der Waals surface area (Å²) in [5.41, 5.74) is 3.30. The Kier molecular flexibility index (Phi) is 21.6. The maximum absolute atomic E-state index is 12.3. The molecule has 0 radical (unpaired) electrons. The van der Waals surface area contributed by atoms with Crippen LogP contribution < -0.4 is 0 Å². The van der Waals surface area contributed by atoms with Crippen molar-refractivity contribution >= 4 is 0 Å². The molecule has 8 rings (SSSR count). The fourth-order valence-electron chi connectivity index (χ4n) is 9.85. The average molecular weight is 1050 g/mol. The van der Waals surface area contributed by atoms with Crippen molar-refractivity contribution in [1.82, 2.24) is 0 Å². The van der Waals surface area contributed by atoms with Crippen LogP contribution in [0.15, 0.2) is 121 Å². The van der Waals surface area contributed by atoms with E-state index in [1.807, 2.05) is 121 Å². The van der Waals surface area contributed by atoms with Crippen LogP contribution in [-0.4, -0.2) is 155 Å². The first-order valence-electron chi connectivity index (χ1n) is 26.6. The molecular formula is C58H78O17. The number of hydrogen-bond acceptors (Lipinski definition) is 17. The van der Waals surface area contributed by atoms with Crippen molar-refractivity contribution in [1.29, 1.82) is 0 Å². The SMILES string of the molecule is CCCCCCO[C@@H]1O[C@H](C)[C@@H](O)[C@H](O[C@@H]2O[C@H](C)[C@@H](O)[C@H](O[C@@H]3O[C@H](C)[C@@H](O)[C@H](O[C@@H]4O[C@H](C)[C@@H](O)[C@H](O)[C@@H]4OCc4ccccc4)[C@@H]3OCc3ccccc3)[C@@H]2OCc2ccccc2)[C@@H]1OCc1ccccc1. The molecule has 0 aromatic heterocycles. The largest absolute Gasteiger partial charge is 0.388 e. The standard InChI is InChI=1S/C58H78O17/c1-6-7-8-21-30-64-55-52(66-32-40-24-15-10-16-25-40)48(44(60)36(3)69-55)74-57-54(68-34-42-28-19-12-20-29-42)50(46(62)38(5)71-57)75-58-53(67-33-41-26-17-11-18-27-41)49(45(61)37(4)72-58)73-56-51(47(63)43(59)35(2)70-56)65-31-39-22-13-9-14-23-39/h9-20,22-29,35-38,43-63H,6-8,21,30-34H2,1-5H3/t35-,36-,37-,38-,43-,44-,45-,46-,47+,48+,49+,50+,51+,52+,53+,54+,55-,56+,57+,58+/m1/s1. The smallest absolute Gasteiger partial charge is 0.187 e. The first kappa shape index (κ1) is 57.4. The second kappa shape index (κ2) is 28.2. The van der Waals surface area contributed by atoms with Crippen LogP contribution in [0.1, 0.15) is 82.6 Å². The quantitative estimate of drug-likeness (QED) is 0.0520. The Morgan fingerprint density at radius 3 is 1.00 bits per heavy atom. The molecule has 4 aliphatic heterocycles. The molecule has 17 nitrogen and oxygen atoms in total. The van der Waals surface area contributed by atoms with Gasteiger partial charge in [0.1, 0.15) is 73.2 Å². The Morgan fingerprint density at radius 1 is 0.333 bits per heavy atom. The summed E-state index contributed by atoms with van der Waals surface area (Å²) in [5, 5.41) is 58.8. The minimum Gasteiger partial charge on any atom is -0.388 e. The number of unbranched alkanes of at least 4 members (excludes halogenated alkanes) is 3. The molecular weight excluding hydrogens is 969 g/mol. The van der Waals surface area contributed by atoms with Gasteiger partial charge in [-0.25, -0.2) is 0 Å². The lowest BCUT2D eigenvalue weighted by atomic mass is 9.95. The van der Waals surface area contributed by atoms with Gasteiger partial charge in [0.2, 0.25) is 0 Å². The Hall–Kier alpha value is -3.80. The molecule has 0 amide bonds. The number of ether oxygens (including phenoxy) is 12. The highest BCUT2D eigenvalue weighted by atomic mass is 16.8. The molecule has 412 valence electrons. The lowest BCUT2D eigenvalue weighted by Gasteiger charge is -2.50. The van der Waals surface area contributed by atoms with E-state index in [-0.39, 0.29) is 26.4 Å². The van der Waals surface area contributed by atoms with Crippen LogP contribution in [0.4, 0.5) is 0 Å². The van der Waals surface area contributed by atoms with E-state index in [0.29, 0.717) is 6.61 Å². The molecule has 17 heteroatoms. The van der Waals surface area contributed by atoms with Crippen molar-refractivity contribution in [2.24, 2.45) is 0 Å². The van der Waals surface area contributed by atoms with Crippen LogP contribution in [0.25, 0.3) is 0 Å². The first-order valence-corrected chi connectivity index (χ1v) is 26.6. The monoisotopic (exact) mass is 1050 g/mol. The van der Waals surface area contributed by atoms with Crippen LogP contribution >= 0.6 is 0 Å². The Bertz CT molecular complexity index is 2220. The van der Waals surface area contributed by atoms with Crippen LogP contribution in [0, 0.1) is 0 Å². The number of benzene rings is 4. The van der Waals surface area contributed by atoms with Crippen LogP contribution in [0.3, 0.4) is 0 Å². The molecule has 0 aliphatic carbocycles. The first-order chi connectivity index (χ1) is 36.4. The summed E-state index contributed by atoms with van der Waals surface area (Å²) in [7, 11) is 0. The van der Waals surface area contributed by atoms with Gasteiger partial charge >= 0.3 is 0 Å². The summed E-state index contributed by atoms with van der Waals surface area (Å²) in [4.78, 5) is 0. The van der Waals surface area contributed by atoms with Gasteiger partial charge in [-0.1, -0.05) is 148 Å². The van der Waals surface area contributed by atoms with Gasteiger partial charge in [-0.15, -0.1) is 0 Å². The van der Waals surface area contributed by atoms with Crippen molar-refractivity contribution < 1.29 is 82.4 Å². The fourth-order valence-corrected chi connectivity index (χ4v) is 9.85. The van der Waals surface area contributed by atoms with Gasteiger partial charge in [0.15, 0.2) is 25.2 Å². The van der Waals surface area contributed by atoms with Gasteiger partial charge < -0.3 is 82.4 Å². The fraction of sp³-hybridized carbons (Fsp3) is 0.586. The van der Waals surface area contributed by atoms with Crippen molar-refractivity contribution in [2.45, 2.75) is 210 Å². The highest BCUT2D eigenvalue weighted by Crippen LogP contribution is 2.38. The third-order valence-electron chi connectivity index (χ3n) is 14.4. The zero-order valence-electron chi connectivity index (χ0n) is 43.6. The molecule has 0 unspecified atom stereocenters. The van der Waals surface area contributed by atoms with Crippen LogP contribution in [0.2, 0.25) is 0 Å². The van der Waals surface area contributed by atoms with Gasteiger partial charge in [0.25, 0.3) is 0 Å². The maximum atomic E-state index is 12.3. The molecule has 4 fully saturated rings. The summed E-state index contributed by atoms with van der Waals surface area (Å²) in [6, 6.07) is 37.8. The topological polar surface area (TPSA) is 212 Å². The van der Waals surface area contributed by atoms with Crippen molar-refractivity contribution in [3.8, 4) is 0 Å². The molecule has 4 aliphatic rings. The predicted molar refractivity (Wildman–Crippen MR) is 272 cm³/mol. The van der Waals surface area contributed by atoms with E-state index in [1.54, 1.807) is 27.7 Å². The van der Waals surface area contributed by atoms with E-state index in [9.17, 15) is 25.5 Å². The molecule has 4 saturated heterocycles. The van der Waals surface area contributed by atoms with E-state index >= 15 is 0 Å². The zero-order valence-corrected chi connectivity index (χ0v) is 43.6. The number of hydrogen-bond donors (Lipinski definition) is 5. The summed E-state index contributed by atoms with van der Waals surface area (Å²) >= 11 is 0. The number of aliphatic hydroxyl groups is 5. The lowest BCUT2D eigenvalue weighted by molar-refractivity contribution is -0.394. The molecule has 0 saturated carbocycles. The highest BCUT2D eigenvalue weighted by molar-refractivity contribution is 5.16. The van der Waals surface area contributed by atoms with E-state index in [0.717, 1.165) is 47.9 Å². The van der Waals surface area contributed by atoms with Crippen molar-refractivity contribution in [3.63, 3.8) is 0 Å². The number of rotatable bonds is 24. The lowest BCUT2D eigenvalue weighted by Crippen LogP contribution is -2.67.